The van der Waals surface area contributed by atoms with Gasteiger partial charge in [0.15, 0.2) is 0 Å². The molecule has 1 aromatic carbocycles. The molecule has 1 aromatic rings. The lowest BCUT2D eigenvalue weighted by Crippen LogP contribution is -2.19. The minimum Gasteiger partial charge on any atom is -0.267 e. The molecule has 1 aliphatic rings. The van der Waals surface area contributed by atoms with Crippen LogP contribution in [0.4, 0.5) is 0 Å². The molecule has 3 heteroatoms. The maximum Gasteiger partial charge on any atom is 0.271 e. The molecular formula is C18H24N2O. The standard InChI is InChI=1S/C18H24N2O/c1-18(2,3)16-11-9-15(10-12-16)17(21)20-19-13-14-7-5-4-6-8-14/h4-5,9-14H,6-8H2,1-3H3,(H,20,21)/b19-13-/t14-/m1/s1. The Morgan fingerprint density at radius 1 is 1.24 bits per heavy atom. The smallest absolute Gasteiger partial charge is 0.267 e. The number of rotatable bonds is 3. The van der Waals surface area contributed by atoms with Crippen LogP contribution in [0, 0.1) is 5.92 Å². The molecule has 0 aromatic heterocycles. The molecule has 0 spiro atoms. The highest BCUT2D eigenvalue weighted by molar-refractivity contribution is 5.94. The van der Waals surface area contributed by atoms with E-state index >= 15 is 0 Å². The number of carbonyl (C=O) groups is 1. The van der Waals surface area contributed by atoms with Crippen LogP contribution in [0.15, 0.2) is 41.5 Å². The summed E-state index contributed by atoms with van der Waals surface area (Å²) in [5, 5.41) is 4.08. The molecule has 21 heavy (non-hydrogen) atoms. The first-order valence-electron chi connectivity index (χ1n) is 7.56. The quantitative estimate of drug-likeness (QED) is 0.507. The van der Waals surface area contributed by atoms with E-state index in [-0.39, 0.29) is 11.3 Å². The van der Waals surface area contributed by atoms with Crippen LogP contribution in [0.1, 0.15) is 56.0 Å². The zero-order valence-electron chi connectivity index (χ0n) is 13.1. The van der Waals surface area contributed by atoms with Crippen LogP contribution in [0.2, 0.25) is 0 Å². The lowest BCUT2D eigenvalue weighted by atomic mass is 9.87. The number of hydrazone groups is 1. The van der Waals surface area contributed by atoms with E-state index in [2.05, 4.69) is 43.5 Å². The van der Waals surface area contributed by atoms with Crippen molar-refractivity contribution >= 4 is 12.1 Å². The van der Waals surface area contributed by atoms with Crippen LogP contribution < -0.4 is 5.43 Å². The van der Waals surface area contributed by atoms with Crippen molar-refractivity contribution in [3.63, 3.8) is 0 Å². The van der Waals surface area contributed by atoms with E-state index in [1.165, 1.54) is 5.56 Å². The minimum absolute atomic E-state index is 0.0989. The fourth-order valence-corrected chi connectivity index (χ4v) is 2.34. The summed E-state index contributed by atoms with van der Waals surface area (Å²) in [4.78, 5) is 12.0. The van der Waals surface area contributed by atoms with Crippen molar-refractivity contribution in [2.75, 3.05) is 0 Å². The third-order valence-corrected chi connectivity index (χ3v) is 3.77. The molecule has 1 aliphatic carbocycles. The Morgan fingerprint density at radius 3 is 2.52 bits per heavy atom. The predicted octanol–water partition coefficient (Wildman–Crippen LogP) is 4.06. The molecule has 0 aliphatic heterocycles. The third kappa shape index (κ3) is 4.55. The first-order valence-corrected chi connectivity index (χ1v) is 7.56. The van der Waals surface area contributed by atoms with Crippen LogP contribution in [0.25, 0.3) is 0 Å². The van der Waals surface area contributed by atoms with Gasteiger partial charge in [-0.1, -0.05) is 45.1 Å². The maximum absolute atomic E-state index is 12.0. The highest BCUT2D eigenvalue weighted by Crippen LogP contribution is 2.22. The van der Waals surface area contributed by atoms with Gasteiger partial charge in [0.1, 0.15) is 0 Å². The van der Waals surface area contributed by atoms with Crippen molar-refractivity contribution < 1.29 is 4.79 Å². The molecular weight excluding hydrogens is 260 g/mol. The Balaban J connectivity index is 1.91. The van der Waals surface area contributed by atoms with Gasteiger partial charge >= 0.3 is 0 Å². The lowest BCUT2D eigenvalue weighted by molar-refractivity contribution is 0.0955. The van der Waals surface area contributed by atoms with Crippen LogP contribution in [-0.2, 0) is 5.41 Å². The number of nitrogens with zero attached hydrogens (tertiary/aromatic N) is 1. The van der Waals surface area contributed by atoms with Gasteiger partial charge < -0.3 is 0 Å². The largest absolute Gasteiger partial charge is 0.271 e. The van der Waals surface area contributed by atoms with Gasteiger partial charge in [-0.25, -0.2) is 5.43 Å². The van der Waals surface area contributed by atoms with Crippen molar-refractivity contribution in [2.45, 2.75) is 45.4 Å². The van der Waals surface area contributed by atoms with E-state index in [4.69, 9.17) is 0 Å². The Hall–Kier alpha value is -1.90. The summed E-state index contributed by atoms with van der Waals surface area (Å²) in [5.74, 6) is 0.289. The van der Waals surface area contributed by atoms with Crippen molar-refractivity contribution in [1.29, 1.82) is 0 Å². The molecule has 0 radical (unpaired) electrons. The average Bonchev–Trinajstić information content (AvgIpc) is 2.47. The molecule has 112 valence electrons. The number of allylic oxidation sites excluding steroid dienone is 2. The molecule has 0 unspecified atom stereocenters. The minimum atomic E-state index is -0.155. The molecule has 0 bridgehead atoms. The van der Waals surface area contributed by atoms with E-state index in [0.717, 1.165) is 19.3 Å². The van der Waals surface area contributed by atoms with Crippen molar-refractivity contribution in [3.05, 3.63) is 47.5 Å². The Bertz CT molecular complexity index is 535. The number of hydrogen-bond acceptors (Lipinski definition) is 2. The van der Waals surface area contributed by atoms with Crippen LogP contribution in [0.3, 0.4) is 0 Å². The van der Waals surface area contributed by atoms with E-state index in [1.807, 2.05) is 30.5 Å². The van der Waals surface area contributed by atoms with Gasteiger partial charge in [-0.2, -0.15) is 5.10 Å². The Morgan fingerprint density at radius 2 is 1.95 bits per heavy atom. The summed E-state index contributed by atoms with van der Waals surface area (Å²) >= 11 is 0. The topological polar surface area (TPSA) is 41.5 Å². The maximum atomic E-state index is 12.0. The summed E-state index contributed by atoms with van der Waals surface area (Å²) in [6.07, 6.45) is 9.44. The predicted molar refractivity (Wildman–Crippen MR) is 87.6 cm³/mol. The Kier molecular flexibility index (Phi) is 4.94. The lowest BCUT2D eigenvalue weighted by Gasteiger charge is -2.18. The van der Waals surface area contributed by atoms with Gasteiger partial charge in [0.2, 0.25) is 0 Å². The number of carbonyl (C=O) groups excluding carboxylic acids is 1. The zero-order valence-corrected chi connectivity index (χ0v) is 13.1. The van der Waals surface area contributed by atoms with Gasteiger partial charge in [0.05, 0.1) is 0 Å². The average molecular weight is 284 g/mol. The Labute approximate surface area is 127 Å². The molecule has 0 heterocycles. The SMILES string of the molecule is CC(C)(C)c1ccc(C(=O)N/N=C\[C@@H]2CC=CCC2)cc1. The number of nitrogens with one attached hydrogen (secondary N) is 1. The third-order valence-electron chi connectivity index (χ3n) is 3.77. The summed E-state index contributed by atoms with van der Waals surface area (Å²) in [6, 6.07) is 7.72. The fraction of sp³-hybridized carbons (Fsp3) is 0.444. The summed E-state index contributed by atoms with van der Waals surface area (Å²) in [6.45, 7) is 6.47. The van der Waals surface area contributed by atoms with Crippen LogP contribution >= 0.6 is 0 Å². The molecule has 1 N–H and O–H groups in total. The molecule has 0 saturated heterocycles. The summed E-state index contributed by atoms with van der Waals surface area (Å²) in [7, 11) is 0. The second-order valence-corrected chi connectivity index (χ2v) is 6.59. The normalized spacial score (nSPS) is 18.9. The monoisotopic (exact) mass is 284 g/mol. The fourth-order valence-electron chi connectivity index (χ4n) is 2.34. The van der Waals surface area contributed by atoms with E-state index in [1.54, 1.807) is 0 Å². The van der Waals surface area contributed by atoms with Gasteiger partial charge in [-0.15, -0.1) is 0 Å². The molecule has 3 nitrogen and oxygen atoms in total. The second-order valence-electron chi connectivity index (χ2n) is 6.59. The second kappa shape index (κ2) is 6.70. The molecule has 1 amide bonds. The number of hydrogen-bond donors (Lipinski definition) is 1. The number of amides is 1. The molecule has 2 rings (SSSR count). The van der Waals surface area contributed by atoms with E-state index in [0.29, 0.717) is 11.5 Å². The number of benzene rings is 1. The summed E-state index contributed by atoms with van der Waals surface area (Å²) in [5.41, 5.74) is 4.57. The van der Waals surface area contributed by atoms with E-state index < -0.39 is 0 Å². The summed E-state index contributed by atoms with van der Waals surface area (Å²) < 4.78 is 0. The highest BCUT2D eigenvalue weighted by atomic mass is 16.2. The van der Waals surface area contributed by atoms with Gasteiger partial charge in [-0.3, -0.25) is 4.79 Å². The van der Waals surface area contributed by atoms with Crippen LogP contribution in [0.5, 0.6) is 0 Å². The highest BCUT2D eigenvalue weighted by Gasteiger charge is 2.14. The van der Waals surface area contributed by atoms with Gasteiger partial charge in [0.25, 0.3) is 5.91 Å². The zero-order chi connectivity index (χ0) is 15.3. The van der Waals surface area contributed by atoms with Gasteiger partial charge in [0, 0.05) is 11.8 Å². The molecule has 0 fully saturated rings. The van der Waals surface area contributed by atoms with Crippen LogP contribution in [-0.4, -0.2) is 12.1 Å². The molecule has 0 saturated carbocycles. The van der Waals surface area contributed by atoms with Crippen molar-refractivity contribution in [1.82, 2.24) is 5.43 Å². The van der Waals surface area contributed by atoms with E-state index in [9.17, 15) is 4.79 Å². The van der Waals surface area contributed by atoms with Crippen molar-refractivity contribution in [2.24, 2.45) is 11.0 Å². The molecule has 1 atom stereocenters. The first-order chi connectivity index (χ1) is 9.97. The van der Waals surface area contributed by atoms with Crippen molar-refractivity contribution in [3.8, 4) is 0 Å². The first kappa shape index (κ1) is 15.5. The van der Waals surface area contributed by atoms with Gasteiger partial charge in [-0.05, 0) is 48.3 Å².